The largest absolute Gasteiger partial charge is 0.301 e. The van der Waals surface area contributed by atoms with Gasteiger partial charge in [0.25, 0.3) is 0 Å². The molecule has 0 spiro atoms. The van der Waals surface area contributed by atoms with Crippen LogP contribution in [-0.2, 0) is 0 Å². The molecule has 1 aromatic carbocycles. The molecule has 15 heavy (non-hydrogen) atoms. The lowest BCUT2D eigenvalue weighted by Crippen LogP contribution is -1.93. The molecule has 0 N–H and O–H groups in total. The fourth-order valence-electron chi connectivity index (χ4n) is 1.72. The highest BCUT2D eigenvalue weighted by Gasteiger charge is 2.01. The molecule has 0 saturated heterocycles. The molecule has 2 heterocycles. The van der Waals surface area contributed by atoms with E-state index in [1.807, 2.05) is 42.6 Å². The second-order valence-corrected chi connectivity index (χ2v) is 3.36. The minimum absolute atomic E-state index is 0.943. The van der Waals surface area contributed by atoms with Gasteiger partial charge in [0.1, 0.15) is 5.82 Å². The molecule has 0 saturated carbocycles. The van der Waals surface area contributed by atoms with Crippen molar-refractivity contribution in [1.29, 1.82) is 0 Å². The second-order valence-electron chi connectivity index (χ2n) is 3.36. The minimum Gasteiger partial charge on any atom is -0.301 e. The molecule has 0 aliphatic carbocycles. The molecule has 0 aliphatic heterocycles. The Morgan fingerprint density at radius 1 is 1.13 bits per heavy atom. The first kappa shape index (κ1) is 8.24. The molecule has 2 heteroatoms. The summed E-state index contributed by atoms with van der Waals surface area (Å²) in [4.78, 5) is 4.32. The zero-order chi connectivity index (χ0) is 10.1. The van der Waals surface area contributed by atoms with E-state index in [-0.39, 0.29) is 0 Å². The van der Waals surface area contributed by atoms with E-state index in [0.717, 1.165) is 11.3 Å². The van der Waals surface area contributed by atoms with Crippen LogP contribution in [0.5, 0.6) is 0 Å². The van der Waals surface area contributed by atoms with Crippen molar-refractivity contribution in [2.45, 2.75) is 0 Å². The third-order valence-corrected chi connectivity index (χ3v) is 2.43. The summed E-state index contributed by atoms with van der Waals surface area (Å²) >= 11 is 0. The second kappa shape index (κ2) is 3.24. The van der Waals surface area contributed by atoms with Gasteiger partial charge in [0.2, 0.25) is 0 Å². The minimum atomic E-state index is 0.943. The molecular weight excluding hydrogens is 184 g/mol. The predicted octanol–water partition coefficient (Wildman–Crippen LogP) is 2.83. The van der Waals surface area contributed by atoms with Crippen LogP contribution in [-0.4, -0.2) is 9.55 Å². The van der Waals surface area contributed by atoms with Gasteiger partial charge in [-0.05, 0) is 36.4 Å². The average Bonchev–Trinajstić information content (AvgIpc) is 2.74. The number of benzene rings is 1. The molecule has 3 rings (SSSR count). The molecule has 71 valence electrons. The maximum absolute atomic E-state index is 4.32. The van der Waals surface area contributed by atoms with Gasteiger partial charge in [0.15, 0.2) is 0 Å². The summed E-state index contributed by atoms with van der Waals surface area (Å²) in [5, 5.41) is 1.18. The zero-order valence-corrected chi connectivity index (χ0v) is 8.09. The summed E-state index contributed by atoms with van der Waals surface area (Å²) < 4.78 is 2.07. The smallest absolute Gasteiger partial charge is 0.137 e. The van der Waals surface area contributed by atoms with E-state index in [9.17, 15) is 0 Å². The van der Waals surface area contributed by atoms with Crippen LogP contribution in [0.15, 0.2) is 54.9 Å². The fraction of sp³-hybridized carbons (Fsp3) is 0. The van der Waals surface area contributed by atoms with E-state index >= 15 is 0 Å². The number of pyridine rings is 1. The summed E-state index contributed by atoms with van der Waals surface area (Å²) in [6, 6.07) is 17.0. The molecule has 0 aliphatic rings. The summed E-state index contributed by atoms with van der Waals surface area (Å²) in [6.45, 7) is 0. The Labute approximate surface area is 87.8 Å². The molecule has 0 atom stereocenters. The molecule has 0 fully saturated rings. The summed E-state index contributed by atoms with van der Waals surface area (Å²) in [5.74, 6) is 0.943. The lowest BCUT2D eigenvalue weighted by molar-refractivity contribution is 1.04. The highest BCUT2D eigenvalue weighted by molar-refractivity contribution is 5.81. The van der Waals surface area contributed by atoms with E-state index in [1.165, 1.54) is 5.39 Å². The van der Waals surface area contributed by atoms with Gasteiger partial charge in [-0.15, -0.1) is 0 Å². The first-order valence-corrected chi connectivity index (χ1v) is 4.84. The summed E-state index contributed by atoms with van der Waals surface area (Å²) in [7, 11) is 0. The van der Waals surface area contributed by atoms with Gasteiger partial charge in [-0.1, -0.05) is 12.1 Å². The van der Waals surface area contributed by atoms with Crippen molar-refractivity contribution >= 4 is 10.9 Å². The van der Waals surface area contributed by atoms with Gasteiger partial charge in [-0.3, -0.25) is 0 Å². The van der Waals surface area contributed by atoms with Gasteiger partial charge in [0, 0.05) is 17.8 Å². The van der Waals surface area contributed by atoms with Crippen LogP contribution in [0.1, 0.15) is 0 Å². The lowest BCUT2D eigenvalue weighted by Gasteiger charge is -2.02. The van der Waals surface area contributed by atoms with Gasteiger partial charge in [0.05, 0.1) is 5.52 Å². The third-order valence-electron chi connectivity index (χ3n) is 2.43. The van der Waals surface area contributed by atoms with Crippen molar-refractivity contribution in [3.8, 4) is 5.82 Å². The Kier molecular flexibility index (Phi) is 1.78. The van der Waals surface area contributed by atoms with Crippen molar-refractivity contribution in [2.75, 3.05) is 0 Å². The van der Waals surface area contributed by atoms with Crippen molar-refractivity contribution in [3.63, 3.8) is 0 Å². The Morgan fingerprint density at radius 3 is 3.00 bits per heavy atom. The van der Waals surface area contributed by atoms with Crippen LogP contribution in [0.3, 0.4) is 0 Å². The number of aromatic nitrogens is 2. The SMILES string of the molecule is [c]1ccc2c(c1)ccn2-c1ccccn1. The first-order chi connectivity index (χ1) is 7.45. The molecule has 2 aromatic heterocycles. The first-order valence-electron chi connectivity index (χ1n) is 4.84. The quantitative estimate of drug-likeness (QED) is 0.581. The topological polar surface area (TPSA) is 17.8 Å². The Hall–Kier alpha value is -2.09. The zero-order valence-electron chi connectivity index (χ0n) is 8.09. The highest BCUT2D eigenvalue weighted by Crippen LogP contribution is 2.18. The molecule has 3 aromatic rings. The molecule has 0 unspecified atom stereocenters. The van der Waals surface area contributed by atoms with E-state index in [4.69, 9.17) is 0 Å². The van der Waals surface area contributed by atoms with E-state index in [2.05, 4.69) is 21.7 Å². The van der Waals surface area contributed by atoms with Crippen LogP contribution in [0.25, 0.3) is 16.7 Å². The molecule has 0 bridgehead atoms. The average molecular weight is 193 g/mol. The summed E-state index contributed by atoms with van der Waals surface area (Å²) in [6.07, 6.45) is 3.83. The van der Waals surface area contributed by atoms with Crippen molar-refractivity contribution in [2.24, 2.45) is 0 Å². The number of hydrogen-bond acceptors (Lipinski definition) is 1. The van der Waals surface area contributed by atoms with Crippen LogP contribution >= 0.6 is 0 Å². The van der Waals surface area contributed by atoms with Crippen molar-refractivity contribution in [3.05, 3.63) is 60.9 Å². The van der Waals surface area contributed by atoms with Crippen LogP contribution < -0.4 is 0 Å². The van der Waals surface area contributed by atoms with Crippen LogP contribution in [0.2, 0.25) is 0 Å². The number of nitrogens with zero attached hydrogens (tertiary/aromatic N) is 2. The standard InChI is InChI=1S/C13H9N2/c1-2-6-12-11(5-1)8-10-15(12)13-7-3-4-9-14-13/h2-10H. The third kappa shape index (κ3) is 1.31. The van der Waals surface area contributed by atoms with Gasteiger partial charge < -0.3 is 4.57 Å². The maximum atomic E-state index is 4.32. The number of hydrogen-bond donors (Lipinski definition) is 0. The van der Waals surface area contributed by atoms with Crippen molar-refractivity contribution in [1.82, 2.24) is 9.55 Å². The molecular formula is C13H9N2. The van der Waals surface area contributed by atoms with Crippen molar-refractivity contribution < 1.29 is 0 Å². The Balaban J connectivity index is 2.28. The predicted molar refractivity (Wildman–Crippen MR) is 59.9 cm³/mol. The monoisotopic (exact) mass is 193 g/mol. The Bertz CT molecular complexity index is 582. The van der Waals surface area contributed by atoms with Crippen LogP contribution in [0, 0.1) is 6.07 Å². The number of fused-ring (bicyclic) bond motifs is 1. The molecule has 1 radical (unpaired) electrons. The van der Waals surface area contributed by atoms with Gasteiger partial charge >= 0.3 is 0 Å². The number of rotatable bonds is 1. The molecule has 2 nitrogen and oxygen atoms in total. The van der Waals surface area contributed by atoms with Gasteiger partial charge in [-0.25, -0.2) is 4.98 Å². The maximum Gasteiger partial charge on any atom is 0.137 e. The highest BCUT2D eigenvalue weighted by atomic mass is 15.0. The fourth-order valence-corrected chi connectivity index (χ4v) is 1.72. The summed E-state index contributed by atoms with van der Waals surface area (Å²) in [5.41, 5.74) is 1.16. The van der Waals surface area contributed by atoms with E-state index in [0.29, 0.717) is 0 Å². The van der Waals surface area contributed by atoms with E-state index in [1.54, 1.807) is 6.20 Å². The van der Waals surface area contributed by atoms with Gasteiger partial charge in [-0.2, -0.15) is 0 Å². The Morgan fingerprint density at radius 2 is 2.13 bits per heavy atom. The lowest BCUT2D eigenvalue weighted by atomic mass is 10.2. The van der Waals surface area contributed by atoms with E-state index < -0.39 is 0 Å². The normalized spacial score (nSPS) is 10.7. The molecule has 0 amide bonds. The van der Waals surface area contributed by atoms with Crippen LogP contribution in [0.4, 0.5) is 0 Å².